The Morgan fingerprint density at radius 2 is 1.84 bits per heavy atom. The summed E-state index contributed by atoms with van der Waals surface area (Å²) in [7, 11) is 0. The zero-order chi connectivity index (χ0) is 17.4. The lowest BCUT2D eigenvalue weighted by Crippen LogP contribution is -2.30. The van der Waals surface area contributed by atoms with Gasteiger partial charge in [-0.05, 0) is 48.6 Å². The van der Waals surface area contributed by atoms with Crippen LogP contribution in [-0.4, -0.2) is 29.8 Å². The maximum Gasteiger partial charge on any atom is 0.254 e. The Morgan fingerprint density at radius 1 is 1.04 bits per heavy atom. The number of benzene rings is 2. The van der Waals surface area contributed by atoms with E-state index in [1.807, 2.05) is 41.3 Å². The van der Waals surface area contributed by atoms with Gasteiger partial charge in [0.25, 0.3) is 5.91 Å². The van der Waals surface area contributed by atoms with Crippen molar-refractivity contribution in [2.24, 2.45) is 0 Å². The fourth-order valence-electron chi connectivity index (χ4n) is 4.06. The minimum Gasteiger partial charge on any atom is -0.332 e. The first-order chi connectivity index (χ1) is 12.1. The van der Waals surface area contributed by atoms with Crippen LogP contribution in [0, 0.1) is 0 Å². The largest absolute Gasteiger partial charge is 0.332 e. The molecule has 2 amide bonds. The predicted molar refractivity (Wildman–Crippen MR) is 97.6 cm³/mol. The molecule has 0 aromatic heterocycles. The Hall–Kier alpha value is -2.62. The van der Waals surface area contributed by atoms with Crippen LogP contribution in [0.3, 0.4) is 0 Å². The molecule has 128 valence electrons. The van der Waals surface area contributed by atoms with Gasteiger partial charge in [-0.15, -0.1) is 0 Å². The zero-order valence-corrected chi connectivity index (χ0v) is 14.4. The Morgan fingerprint density at radius 3 is 2.60 bits per heavy atom. The van der Waals surface area contributed by atoms with E-state index in [1.165, 1.54) is 5.56 Å². The second kappa shape index (κ2) is 6.36. The van der Waals surface area contributed by atoms with Crippen molar-refractivity contribution in [2.75, 3.05) is 18.0 Å². The molecule has 1 saturated heterocycles. The van der Waals surface area contributed by atoms with Gasteiger partial charge in [0.05, 0.1) is 6.04 Å². The quantitative estimate of drug-likeness (QED) is 0.842. The molecule has 2 heterocycles. The average Bonchev–Trinajstić information content (AvgIpc) is 3.28. The molecule has 1 atom stereocenters. The Labute approximate surface area is 148 Å². The van der Waals surface area contributed by atoms with Crippen molar-refractivity contribution in [2.45, 2.75) is 32.2 Å². The molecule has 0 aliphatic carbocycles. The summed E-state index contributed by atoms with van der Waals surface area (Å²) in [4.78, 5) is 28.6. The molecule has 1 fully saturated rings. The standard InChI is InChI=1S/C21H22N2O2/c1-15(24)22-13-11-17-14-18(9-10-20(17)22)21(25)23-12-5-8-19(23)16-6-3-2-4-7-16/h2-4,6-7,9-10,14,19H,5,8,11-13H2,1H3. The molecule has 2 aliphatic rings. The van der Waals surface area contributed by atoms with Crippen molar-refractivity contribution in [3.63, 3.8) is 0 Å². The molecule has 0 saturated carbocycles. The van der Waals surface area contributed by atoms with Gasteiger partial charge in [0, 0.05) is 31.3 Å². The molecule has 25 heavy (non-hydrogen) atoms. The van der Waals surface area contributed by atoms with Crippen LogP contribution < -0.4 is 4.90 Å². The number of likely N-dealkylation sites (tertiary alicyclic amines) is 1. The van der Waals surface area contributed by atoms with Gasteiger partial charge in [0.1, 0.15) is 0 Å². The summed E-state index contributed by atoms with van der Waals surface area (Å²) in [5.74, 6) is 0.150. The van der Waals surface area contributed by atoms with E-state index in [2.05, 4.69) is 12.1 Å². The van der Waals surface area contributed by atoms with Crippen LogP contribution >= 0.6 is 0 Å². The molecule has 0 radical (unpaired) electrons. The number of carbonyl (C=O) groups is 2. The van der Waals surface area contributed by atoms with E-state index in [0.717, 1.165) is 42.6 Å². The Kier molecular flexibility index (Phi) is 4.04. The van der Waals surface area contributed by atoms with E-state index < -0.39 is 0 Å². The highest BCUT2D eigenvalue weighted by Crippen LogP contribution is 2.34. The first-order valence-electron chi connectivity index (χ1n) is 8.92. The van der Waals surface area contributed by atoms with Gasteiger partial charge in [0.15, 0.2) is 0 Å². The first-order valence-corrected chi connectivity index (χ1v) is 8.92. The smallest absolute Gasteiger partial charge is 0.254 e. The lowest BCUT2D eigenvalue weighted by molar-refractivity contribution is -0.116. The summed E-state index contributed by atoms with van der Waals surface area (Å²) in [5.41, 5.74) is 3.98. The highest BCUT2D eigenvalue weighted by molar-refractivity contribution is 5.98. The van der Waals surface area contributed by atoms with Crippen molar-refractivity contribution < 1.29 is 9.59 Å². The monoisotopic (exact) mass is 334 g/mol. The number of fused-ring (bicyclic) bond motifs is 1. The van der Waals surface area contributed by atoms with E-state index in [0.29, 0.717) is 6.54 Å². The molecule has 4 rings (SSSR count). The topological polar surface area (TPSA) is 40.6 Å². The number of anilines is 1. The van der Waals surface area contributed by atoms with Crippen molar-refractivity contribution in [3.05, 3.63) is 65.2 Å². The lowest BCUT2D eigenvalue weighted by atomic mass is 10.0. The third kappa shape index (κ3) is 2.82. The fourth-order valence-corrected chi connectivity index (χ4v) is 4.06. The van der Waals surface area contributed by atoms with Crippen LogP contribution in [0.4, 0.5) is 5.69 Å². The maximum atomic E-state index is 13.1. The number of hydrogen-bond donors (Lipinski definition) is 0. The number of amides is 2. The molecule has 2 aromatic carbocycles. The van der Waals surface area contributed by atoms with Crippen LogP contribution in [-0.2, 0) is 11.2 Å². The Balaban J connectivity index is 1.60. The van der Waals surface area contributed by atoms with Gasteiger partial charge in [-0.3, -0.25) is 9.59 Å². The SMILES string of the molecule is CC(=O)N1CCc2cc(C(=O)N3CCCC3c3ccccc3)ccc21. The van der Waals surface area contributed by atoms with Crippen molar-refractivity contribution in [1.82, 2.24) is 4.90 Å². The van der Waals surface area contributed by atoms with E-state index in [1.54, 1.807) is 11.8 Å². The van der Waals surface area contributed by atoms with Gasteiger partial charge < -0.3 is 9.80 Å². The lowest BCUT2D eigenvalue weighted by Gasteiger charge is -2.25. The number of carbonyl (C=O) groups excluding carboxylic acids is 2. The van der Waals surface area contributed by atoms with Crippen molar-refractivity contribution in [1.29, 1.82) is 0 Å². The maximum absolute atomic E-state index is 13.1. The van der Waals surface area contributed by atoms with Gasteiger partial charge in [-0.25, -0.2) is 0 Å². The first kappa shape index (κ1) is 15.9. The highest BCUT2D eigenvalue weighted by Gasteiger charge is 2.31. The molecule has 4 nitrogen and oxygen atoms in total. The van der Waals surface area contributed by atoms with E-state index in [-0.39, 0.29) is 17.9 Å². The van der Waals surface area contributed by atoms with Crippen molar-refractivity contribution >= 4 is 17.5 Å². The van der Waals surface area contributed by atoms with Crippen LogP contribution in [0.15, 0.2) is 48.5 Å². The number of rotatable bonds is 2. The Bertz CT molecular complexity index is 816. The molecular weight excluding hydrogens is 312 g/mol. The average molecular weight is 334 g/mol. The summed E-state index contributed by atoms with van der Waals surface area (Å²) in [6, 6.07) is 16.2. The normalized spacial score (nSPS) is 19.2. The van der Waals surface area contributed by atoms with Gasteiger partial charge in [-0.2, -0.15) is 0 Å². The van der Waals surface area contributed by atoms with E-state index in [9.17, 15) is 9.59 Å². The van der Waals surface area contributed by atoms with Gasteiger partial charge >= 0.3 is 0 Å². The minimum absolute atomic E-state index is 0.0570. The molecular formula is C21H22N2O2. The summed E-state index contributed by atoms with van der Waals surface area (Å²) < 4.78 is 0. The van der Waals surface area contributed by atoms with E-state index in [4.69, 9.17) is 0 Å². The van der Waals surface area contributed by atoms with Crippen LogP contribution in [0.25, 0.3) is 0 Å². The highest BCUT2D eigenvalue weighted by atomic mass is 16.2. The number of nitrogens with zero attached hydrogens (tertiary/aromatic N) is 2. The molecule has 1 unspecified atom stereocenters. The zero-order valence-electron chi connectivity index (χ0n) is 14.4. The molecule has 2 aliphatic heterocycles. The van der Waals surface area contributed by atoms with Gasteiger partial charge in [-0.1, -0.05) is 30.3 Å². The third-order valence-electron chi connectivity index (χ3n) is 5.30. The summed E-state index contributed by atoms with van der Waals surface area (Å²) in [5, 5.41) is 0. The minimum atomic E-state index is 0.0570. The predicted octanol–water partition coefficient (Wildman–Crippen LogP) is 3.57. The summed E-state index contributed by atoms with van der Waals surface area (Å²) in [6.45, 7) is 3.09. The molecule has 0 spiro atoms. The second-order valence-corrected chi connectivity index (χ2v) is 6.83. The molecule has 4 heteroatoms. The van der Waals surface area contributed by atoms with Crippen LogP contribution in [0.2, 0.25) is 0 Å². The molecule has 0 N–H and O–H groups in total. The van der Waals surface area contributed by atoms with Crippen molar-refractivity contribution in [3.8, 4) is 0 Å². The van der Waals surface area contributed by atoms with E-state index >= 15 is 0 Å². The summed E-state index contributed by atoms with van der Waals surface area (Å²) in [6.07, 6.45) is 2.87. The van der Waals surface area contributed by atoms with Gasteiger partial charge in [0.2, 0.25) is 5.91 Å². The summed E-state index contributed by atoms with van der Waals surface area (Å²) >= 11 is 0. The van der Waals surface area contributed by atoms with Crippen LogP contribution in [0.1, 0.15) is 47.3 Å². The third-order valence-corrected chi connectivity index (χ3v) is 5.30. The number of hydrogen-bond acceptors (Lipinski definition) is 2. The fraction of sp³-hybridized carbons (Fsp3) is 0.333. The molecule has 2 aromatic rings. The van der Waals surface area contributed by atoms with Crippen LogP contribution in [0.5, 0.6) is 0 Å². The molecule has 0 bridgehead atoms. The second-order valence-electron chi connectivity index (χ2n) is 6.83.